The Balaban J connectivity index is 5.02. The van der Waals surface area contributed by atoms with Crippen molar-refractivity contribution in [1.29, 1.82) is 0 Å². The maximum absolute atomic E-state index is 11.2. The molecule has 0 saturated heterocycles. The zero-order valence-electron chi connectivity index (χ0n) is 7.24. The van der Waals surface area contributed by atoms with Crippen LogP contribution in [0.2, 0.25) is 0 Å². The van der Waals surface area contributed by atoms with Crippen LogP contribution in [0.3, 0.4) is 0 Å². The summed E-state index contributed by atoms with van der Waals surface area (Å²) in [6, 6.07) is 0. The number of nitrogens with one attached hydrogen (secondary N) is 1. The quantitative estimate of drug-likeness (QED) is 0.672. The molecule has 0 aromatic carbocycles. The molecule has 0 bridgehead atoms. The number of allylic oxidation sites excluding steroid dienone is 4. The molecule has 0 aromatic heterocycles. The highest BCUT2D eigenvalue weighted by molar-refractivity contribution is 7.93. The number of hydrogen-bond donors (Lipinski definition) is 1. The van der Waals surface area contributed by atoms with E-state index in [1.807, 2.05) is 0 Å². The topological polar surface area (TPSA) is 46.2 Å². The molecule has 1 N–H and O–H groups in total. The van der Waals surface area contributed by atoms with E-state index in [1.165, 1.54) is 25.3 Å². The average Bonchev–Trinajstić information content (AvgIpc) is 2.04. The Morgan fingerprint density at radius 2 is 2.08 bits per heavy atom. The second-order valence-electron chi connectivity index (χ2n) is 2.01. The third kappa shape index (κ3) is 3.02. The Kier molecular flexibility index (Phi) is 4.54. The van der Waals surface area contributed by atoms with Gasteiger partial charge in [-0.3, -0.25) is 0 Å². The van der Waals surface area contributed by atoms with Gasteiger partial charge in [-0.25, -0.2) is 13.1 Å². The van der Waals surface area contributed by atoms with E-state index in [0.29, 0.717) is 0 Å². The maximum atomic E-state index is 11.2. The lowest BCUT2D eigenvalue weighted by Crippen LogP contribution is -2.19. The molecule has 3 nitrogen and oxygen atoms in total. The molecule has 0 fully saturated rings. The summed E-state index contributed by atoms with van der Waals surface area (Å²) < 4.78 is 24.6. The summed E-state index contributed by atoms with van der Waals surface area (Å²) in [7, 11) is -1.96. The zero-order chi connectivity index (χ0) is 9.61. The van der Waals surface area contributed by atoms with Crippen molar-refractivity contribution in [3.8, 4) is 0 Å². The Labute approximate surface area is 73.5 Å². The molecule has 0 atom stereocenters. The van der Waals surface area contributed by atoms with Gasteiger partial charge in [-0.2, -0.15) is 0 Å². The minimum absolute atomic E-state index is 0.211. The van der Waals surface area contributed by atoms with Crippen molar-refractivity contribution >= 4 is 10.0 Å². The van der Waals surface area contributed by atoms with Crippen molar-refractivity contribution in [3.63, 3.8) is 0 Å². The standard InChI is InChI=1S/C8H13NO2S/c1-4-6-8(7-5-2)12(10,11)9-3/h4-7,9H,1H2,2-3H3. The van der Waals surface area contributed by atoms with Crippen molar-refractivity contribution in [2.24, 2.45) is 0 Å². The average molecular weight is 187 g/mol. The molecule has 0 unspecified atom stereocenters. The molecule has 0 spiro atoms. The van der Waals surface area contributed by atoms with Crippen LogP contribution >= 0.6 is 0 Å². The minimum Gasteiger partial charge on any atom is -0.214 e. The Morgan fingerprint density at radius 1 is 1.50 bits per heavy atom. The molecule has 0 aliphatic carbocycles. The molecule has 4 heteroatoms. The summed E-state index contributed by atoms with van der Waals surface area (Å²) in [6.07, 6.45) is 6.04. The second kappa shape index (κ2) is 4.90. The fourth-order valence-corrected chi connectivity index (χ4v) is 1.46. The third-order valence-corrected chi connectivity index (χ3v) is 2.62. The van der Waals surface area contributed by atoms with Crippen LogP contribution in [0.1, 0.15) is 6.92 Å². The normalized spacial score (nSPS) is 13.7. The summed E-state index contributed by atoms with van der Waals surface area (Å²) in [5.74, 6) is 0. The highest BCUT2D eigenvalue weighted by Gasteiger charge is 2.09. The molecule has 0 saturated carbocycles. The first-order chi connectivity index (χ1) is 5.58. The molecule has 0 heterocycles. The third-order valence-electron chi connectivity index (χ3n) is 1.19. The van der Waals surface area contributed by atoms with Crippen molar-refractivity contribution < 1.29 is 8.42 Å². The van der Waals surface area contributed by atoms with Crippen molar-refractivity contribution in [2.45, 2.75) is 6.92 Å². The van der Waals surface area contributed by atoms with E-state index >= 15 is 0 Å². The summed E-state index contributed by atoms with van der Waals surface area (Å²) in [5, 5.41) is 0. The van der Waals surface area contributed by atoms with Crippen LogP contribution in [0, 0.1) is 0 Å². The van der Waals surface area contributed by atoms with Crippen LogP contribution in [-0.2, 0) is 10.0 Å². The van der Waals surface area contributed by atoms with E-state index in [-0.39, 0.29) is 4.91 Å². The van der Waals surface area contributed by atoms with Gasteiger partial charge >= 0.3 is 0 Å². The molecule has 0 aliphatic heterocycles. The molecule has 68 valence electrons. The van der Waals surface area contributed by atoms with E-state index in [4.69, 9.17) is 0 Å². The zero-order valence-corrected chi connectivity index (χ0v) is 8.06. The predicted octanol–water partition coefficient (Wildman–Crippen LogP) is 1.18. The molecule has 0 radical (unpaired) electrons. The fraction of sp³-hybridized carbons (Fsp3) is 0.250. The smallest absolute Gasteiger partial charge is 0.214 e. The van der Waals surface area contributed by atoms with E-state index in [2.05, 4.69) is 11.3 Å². The lowest BCUT2D eigenvalue weighted by Gasteiger charge is -2.00. The first-order valence-electron chi connectivity index (χ1n) is 3.47. The maximum Gasteiger partial charge on any atom is 0.240 e. The molecule has 0 amide bonds. The van der Waals surface area contributed by atoms with Gasteiger partial charge in [-0.1, -0.05) is 18.7 Å². The molecular weight excluding hydrogens is 174 g/mol. The van der Waals surface area contributed by atoms with Gasteiger partial charge in [-0.15, -0.1) is 0 Å². The summed E-state index contributed by atoms with van der Waals surface area (Å²) in [5.41, 5.74) is 0. The van der Waals surface area contributed by atoms with Gasteiger partial charge in [0.05, 0.1) is 4.91 Å². The van der Waals surface area contributed by atoms with Gasteiger partial charge in [0.2, 0.25) is 10.0 Å². The van der Waals surface area contributed by atoms with Gasteiger partial charge in [-0.05, 0) is 26.1 Å². The first kappa shape index (κ1) is 11.1. The van der Waals surface area contributed by atoms with Crippen LogP contribution in [0.25, 0.3) is 0 Å². The van der Waals surface area contributed by atoms with Gasteiger partial charge in [0, 0.05) is 0 Å². The number of sulfonamides is 1. The first-order valence-corrected chi connectivity index (χ1v) is 4.95. The highest BCUT2D eigenvalue weighted by atomic mass is 32.2. The molecule has 12 heavy (non-hydrogen) atoms. The fourth-order valence-electron chi connectivity index (χ4n) is 0.633. The Bertz CT molecular complexity index is 299. The van der Waals surface area contributed by atoms with Crippen LogP contribution < -0.4 is 4.72 Å². The largest absolute Gasteiger partial charge is 0.240 e. The lowest BCUT2D eigenvalue weighted by molar-refractivity contribution is 0.595. The lowest BCUT2D eigenvalue weighted by atomic mass is 10.4. The molecule has 0 aliphatic rings. The summed E-state index contributed by atoms with van der Waals surface area (Å²) in [4.78, 5) is 0.211. The number of rotatable bonds is 4. The Hall–Kier alpha value is -0.870. The SMILES string of the molecule is C=CC=C(C=CC)S(=O)(=O)NC. The van der Waals surface area contributed by atoms with Crippen LogP contribution in [-0.4, -0.2) is 15.5 Å². The van der Waals surface area contributed by atoms with Gasteiger partial charge in [0.15, 0.2) is 0 Å². The Morgan fingerprint density at radius 3 is 2.42 bits per heavy atom. The monoisotopic (exact) mass is 187 g/mol. The highest BCUT2D eigenvalue weighted by Crippen LogP contribution is 2.05. The van der Waals surface area contributed by atoms with Crippen LogP contribution in [0.5, 0.6) is 0 Å². The summed E-state index contributed by atoms with van der Waals surface area (Å²) in [6.45, 7) is 5.18. The van der Waals surface area contributed by atoms with Crippen molar-refractivity contribution in [3.05, 3.63) is 35.8 Å². The van der Waals surface area contributed by atoms with Gasteiger partial charge in [0.1, 0.15) is 0 Å². The summed E-state index contributed by atoms with van der Waals surface area (Å²) >= 11 is 0. The molecule has 0 aromatic rings. The van der Waals surface area contributed by atoms with Crippen LogP contribution in [0.15, 0.2) is 35.8 Å². The number of hydrogen-bond acceptors (Lipinski definition) is 2. The minimum atomic E-state index is -3.33. The van der Waals surface area contributed by atoms with Crippen LogP contribution in [0.4, 0.5) is 0 Å². The molecular formula is C8H13NO2S. The van der Waals surface area contributed by atoms with Gasteiger partial charge < -0.3 is 0 Å². The van der Waals surface area contributed by atoms with E-state index in [0.717, 1.165) is 0 Å². The van der Waals surface area contributed by atoms with Gasteiger partial charge in [0.25, 0.3) is 0 Å². The second-order valence-corrected chi connectivity index (χ2v) is 3.90. The van der Waals surface area contributed by atoms with Crippen molar-refractivity contribution in [1.82, 2.24) is 4.72 Å². The predicted molar refractivity (Wildman–Crippen MR) is 51.1 cm³/mol. The van der Waals surface area contributed by atoms with E-state index in [9.17, 15) is 8.42 Å². The van der Waals surface area contributed by atoms with E-state index < -0.39 is 10.0 Å². The molecule has 0 rings (SSSR count). The van der Waals surface area contributed by atoms with Crippen molar-refractivity contribution in [2.75, 3.05) is 7.05 Å². The van der Waals surface area contributed by atoms with E-state index in [1.54, 1.807) is 13.0 Å².